The van der Waals surface area contributed by atoms with Gasteiger partial charge in [0.15, 0.2) is 0 Å². The molecule has 1 N–H and O–H groups in total. The van der Waals surface area contributed by atoms with Gasteiger partial charge < -0.3 is 10.0 Å². The normalized spacial score (nSPS) is 19.1. The molecule has 1 atom stereocenters. The van der Waals surface area contributed by atoms with Crippen molar-refractivity contribution in [3.8, 4) is 0 Å². The zero-order valence-corrected chi connectivity index (χ0v) is 13.4. The van der Waals surface area contributed by atoms with Crippen molar-refractivity contribution in [3.63, 3.8) is 0 Å². The van der Waals surface area contributed by atoms with Crippen LogP contribution in [0.25, 0.3) is 0 Å². The summed E-state index contributed by atoms with van der Waals surface area (Å²) in [6, 6.07) is 10.2. The average Bonchev–Trinajstić information content (AvgIpc) is 2.48. The Hall–Kier alpha value is -0.570. The molecule has 1 saturated heterocycles. The Morgan fingerprint density at radius 1 is 1.05 bits per heavy atom. The first-order chi connectivity index (χ1) is 9.24. The number of benzene rings is 1. The molecule has 20 heavy (non-hydrogen) atoms. The Labute approximate surface area is 129 Å². The van der Waals surface area contributed by atoms with Gasteiger partial charge in [-0.15, -0.1) is 12.4 Å². The molecule has 1 aromatic rings. The van der Waals surface area contributed by atoms with Crippen molar-refractivity contribution in [1.29, 1.82) is 0 Å². The average molecular weight is 298 g/mol. The summed E-state index contributed by atoms with van der Waals surface area (Å²) >= 11 is 0. The Morgan fingerprint density at radius 2 is 1.70 bits per heavy atom. The molecule has 0 spiro atoms. The third kappa shape index (κ3) is 4.76. The fourth-order valence-corrected chi connectivity index (χ4v) is 3.10. The number of hydrogen-bond acceptors (Lipinski definition) is 2. The first kappa shape index (κ1) is 17.5. The van der Waals surface area contributed by atoms with Gasteiger partial charge in [-0.05, 0) is 44.3 Å². The Balaban J connectivity index is 0.00000200. The Bertz CT molecular complexity index is 365. The van der Waals surface area contributed by atoms with E-state index >= 15 is 0 Å². The molecule has 0 amide bonds. The molecule has 3 heteroatoms. The van der Waals surface area contributed by atoms with Crippen LogP contribution in [0, 0.1) is 0 Å². The Kier molecular flexibility index (Phi) is 7.57. The van der Waals surface area contributed by atoms with Crippen molar-refractivity contribution in [1.82, 2.24) is 4.90 Å². The molecule has 1 aliphatic rings. The number of likely N-dealkylation sites (tertiary alicyclic amines) is 1. The second kappa shape index (κ2) is 8.66. The fourth-order valence-electron chi connectivity index (χ4n) is 3.10. The van der Waals surface area contributed by atoms with E-state index in [4.69, 9.17) is 0 Å². The topological polar surface area (TPSA) is 23.5 Å². The quantitative estimate of drug-likeness (QED) is 0.859. The lowest BCUT2D eigenvalue weighted by Crippen LogP contribution is -2.36. The standard InChI is InChI=1S/C17H27NO.ClH/c1-2-11-17(19,16-9-5-3-6-10-16)12-15-18-13-7-4-8-14-18;/h3,5-6,9-10,19H,2,4,7-8,11-15H2,1H3;1H. The first-order valence-corrected chi connectivity index (χ1v) is 7.75. The SMILES string of the molecule is CCCC(O)(CCN1CCCCC1)c1ccccc1.Cl. The summed E-state index contributed by atoms with van der Waals surface area (Å²) in [4.78, 5) is 2.51. The molecule has 0 aromatic heterocycles. The molecule has 2 rings (SSSR count). The van der Waals surface area contributed by atoms with Gasteiger partial charge in [-0.25, -0.2) is 0 Å². The molecular weight excluding hydrogens is 270 g/mol. The largest absolute Gasteiger partial charge is 0.385 e. The number of aliphatic hydroxyl groups is 1. The maximum Gasteiger partial charge on any atom is 0.0908 e. The summed E-state index contributed by atoms with van der Waals surface area (Å²) in [5.74, 6) is 0. The zero-order chi connectivity index (χ0) is 13.6. The van der Waals surface area contributed by atoms with Gasteiger partial charge in [-0.3, -0.25) is 0 Å². The summed E-state index contributed by atoms with van der Waals surface area (Å²) in [5, 5.41) is 11.0. The van der Waals surface area contributed by atoms with Crippen molar-refractivity contribution in [3.05, 3.63) is 35.9 Å². The van der Waals surface area contributed by atoms with Crippen molar-refractivity contribution < 1.29 is 5.11 Å². The van der Waals surface area contributed by atoms with Crippen LogP contribution >= 0.6 is 12.4 Å². The van der Waals surface area contributed by atoms with E-state index in [1.807, 2.05) is 18.2 Å². The fraction of sp³-hybridized carbons (Fsp3) is 0.647. The monoisotopic (exact) mass is 297 g/mol. The minimum absolute atomic E-state index is 0. The van der Waals surface area contributed by atoms with Crippen LogP contribution in [0.4, 0.5) is 0 Å². The molecule has 1 heterocycles. The van der Waals surface area contributed by atoms with Crippen LogP contribution < -0.4 is 0 Å². The van der Waals surface area contributed by atoms with Gasteiger partial charge in [0.2, 0.25) is 0 Å². The number of hydrogen-bond donors (Lipinski definition) is 1. The van der Waals surface area contributed by atoms with Crippen LogP contribution in [0.2, 0.25) is 0 Å². The highest BCUT2D eigenvalue weighted by atomic mass is 35.5. The van der Waals surface area contributed by atoms with E-state index in [1.165, 1.54) is 32.4 Å². The lowest BCUT2D eigenvalue weighted by molar-refractivity contribution is 0.00646. The smallest absolute Gasteiger partial charge is 0.0908 e. The number of piperidine rings is 1. The molecule has 0 aliphatic carbocycles. The molecule has 1 fully saturated rings. The molecule has 114 valence electrons. The van der Waals surface area contributed by atoms with Gasteiger partial charge in [0.1, 0.15) is 0 Å². The predicted octanol–water partition coefficient (Wildman–Crippen LogP) is 3.97. The van der Waals surface area contributed by atoms with E-state index in [2.05, 4.69) is 24.0 Å². The lowest BCUT2D eigenvalue weighted by atomic mass is 9.86. The molecular formula is C17H28ClNO. The number of nitrogens with zero attached hydrogens (tertiary/aromatic N) is 1. The van der Waals surface area contributed by atoms with E-state index in [0.717, 1.165) is 31.4 Å². The van der Waals surface area contributed by atoms with E-state index in [-0.39, 0.29) is 12.4 Å². The van der Waals surface area contributed by atoms with Gasteiger partial charge >= 0.3 is 0 Å². The minimum Gasteiger partial charge on any atom is -0.385 e. The van der Waals surface area contributed by atoms with Crippen molar-refractivity contribution >= 4 is 12.4 Å². The Morgan fingerprint density at radius 3 is 2.30 bits per heavy atom. The van der Waals surface area contributed by atoms with Gasteiger partial charge in [0.05, 0.1) is 5.60 Å². The van der Waals surface area contributed by atoms with E-state index in [9.17, 15) is 5.11 Å². The molecule has 0 radical (unpaired) electrons. The van der Waals surface area contributed by atoms with Crippen molar-refractivity contribution in [2.24, 2.45) is 0 Å². The maximum atomic E-state index is 11.0. The number of halogens is 1. The summed E-state index contributed by atoms with van der Waals surface area (Å²) in [7, 11) is 0. The van der Waals surface area contributed by atoms with Gasteiger partial charge in [0, 0.05) is 6.54 Å². The molecule has 0 saturated carbocycles. The van der Waals surface area contributed by atoms with Gasteiger partial charge in [0.25, 0.3) is 0 Å². The van der Waals surface area contributed by atoms with E-state index in [1.54, 1.807) is 0 Å². The van der Waals surface area contributed by atoms with Gasteiger partial charge in [-0.1, -0.05) is 50.1 Å². The van der Waals surface area contributed by atoms with Crippen molar-refractivity contribution in [2.45, 2.75) is 51.0 Å². The first-order valence-electron chi connectivity index (χ1n) is 7.75. The van der Waals surface area contributed by atoms with Crippen LogP contribution in [0.1, 0.15) is 51.0 Å². The summed E-state index contributed by atoms with van der Waals surface area (Å²) < 4.78 is 0. The summed E-state index contributed by atoms with van der Waals surface area (Å²) in [5.41, 5.74) is 0.432. The lowest BCUT2D eigenvalue weighted by Gasteiger charge is -2.33. The van der Waals surface area contributed by atoms with Crippen LogP contribution in [0.15, 0.2) is 30.3 Å². The molecule has 1 unspecified atom stereocenters. The predicted molar refractivity (Wildman–Crippen MR) is 87.4 cm³/mol. The van der Waals surface area contributed by atoms with Crippen LogP contribution in [-0.2, 0) is 5.60 Å². The van der Waals surface area contributed by atoms with Gasteiger partial charge in [-0.2, -0.15) is 0 Å². The maximum absolute atomic E-state index is 11.0. The number of rotatable bonds is 6. The third-order valence-corrected chi connectivity index (χ3v) is 4.27. The zero-order valence-electron chi connectivity index (χ0n) is 12.6. The van der Waals surface area contributed by atoms with Crippen LogP contribution in [0.5, 0.6) is 0 Å². The van der Waals surface area contributed by atoms with E-state index < -0.39 is 5.60 Å². The van der Waals surface area contributed by atoms with Crippen molar-refractivity contribution in [2.75, 3.05) is 19.6 Å². The highest BCUT2D eigenvalue weighted by Gasteiger charge is 2.28. The molecule has 0 bridgehead atoms. The highest BCUT2D eigenvalue weighted by Crippen LogP contribution is 2.30. The summed E-state index contributed by atoms with van der Waals surface area (Å²) in [6.07, 6.45) is 6.73. The minimum atomic E-state index is -0.645. The molecule has 1 aliphatic heterocycles. The van der Waals surface area contributed by atoms with Crippen LogP contribution in [0.3, 0.4) is 0 Å². The second-order valence-corrected chi connectivity index (χ2v) is 5.80. The molecule has 2 nitrogen and oxygen atoms in total. The highest BCUT2D eigenvalue weighted by molar-refractivity contribution is 5.85. The summed E-state index contributed by atoms with van der Waals surface area (Å²) in [6.45, 7) is 5.58. The van der Waals surface area contributed by atoms with Crippen LogP contribution in [-0.4, -0.2) is 29.6 Å². The second-order valence-electron chi connectivity index (χ2n) is 5.80. The third-order valence-electron chi connectivity index (χ3n) is 4.27. The molecule has 1 aromatic carbocycles. The van der Waals surface area contributed by atoms with E-state index in [0.29, 0.717) is 0 Å².